The highest BCUT2D eigenvalue weighted by Crippen LogP contribution is 2.37. The normalized spacial score (nSPS) is 17.7. The Labute approximate surface area is 122 Å². The number of ketones is 1. The zero-order valence-corrected chi connectivity index (χ0v) is 11.8. The molecule has 1 aliphatic rings. The molecule has 112 valence electrons. The molecule has 1 aliphatic carbocycles. The van der Waals surface area contributed by atoms with Crippen molar-refractivity contribution in [3.63, 3.8) is 0 Å². The molecule has 1 aromatic carbocycles. The second-order valence-electron chi connectivity index (χ2n) is 5.03. The molecule has 2 atom stereocenters. The third-order valence-corrected chi connectivity index (χ3v) is 3.74. The summed E-state index contributed by atoms with van der Waals surface area (Å²) < 4.78 is 4.52. The predicted molar refractivity (Wildman–Crippen MR) is 75.7 cm³/mol. The van der Waals surface area contributed by atoms with Gasteiger partial charge in [-0.25, -0.2) is 4.79 Å². The lowest BCUT2D eigenvalue weighted by Crippen LogP contribution is -2.25. The summed E-state index contributed by atoms with van der Waals surface area (Å²) in [6, 6.07) is 9.21. The number of hydrogen-bond donors (Lipinski definition) is 2. The Morgan fingerprint density at radius 1 is 1.29 bits per heavy atom. The fraction of sp³-hybridized carbons (Fsp3) is 0.375. The maximum atomic E-state index is 11.5. The second kappa shape index (κ2) is 6.54. The number of ether oxygens (including phenoxy) is 1. The molecule has 2 rings (SSSR count). The van der Waals surface area contributed by atoms with Crippen LogP contribution in [0.25, 0.3) is 0 Å². The number of benzene rings is 1. The Bertz CT molecular complexity index is 561. The number of allylic oxidation sites excluding steroid dienone is 2. The van der Waals surface area contributed by atoms with Crippen LogP contribution in [0.15, 0.2) is 41.7 Å². The van der Waals surface area contributed by atoms with Crippen molar-refractivity contribution >= 4 is 11.8 Å². The van der Waals surface area contributed by atoms with Gasteiger partial charge in [-0.2, -0.15) is 0 Å². The smallest absolute Gasteiger partial charge is 0.334 e. The average molecular weight is 290 g/mol. The summed E-state index contributed by atoms with van der Waals surface area (Å²) in [5.41, 5.74) is 1.42. The molecule has 0 fully saturated rings. The van der Waals surface area contributed by atoms with Crippen molar-refractivity contribution in [1.82, 2.24) is 0 Å². The Kier molecular flexibility index (Phi) is 4.75. The van der Waals surface area contributed by atoms with Crippen LogP contribution in [-0.2, 0) is 14.3 Å². The second-order valence-corrected chi connectivity index (χ2v) is 5.03. The monoisotopic (exact) mass is 290 g/mol. The zero-order chi connectivity index (χ0) is 15.4. The number of rotatable bonds is 5. The van der Waals surface area contributed by atoms with Crippen LogP contribution in [-0.4, -0.2) is 35.2 Å². The summed E-state index contributed by atoms with van der Waals surface area (Å²) >= 11 is 0. The minimum atomic E-state index is -1.30. The van der Waals surface area contributed by atoms with E-state index in [1.165, 1.54) is 7.11 Å². The number of hydrogen-bond acceptors (Lipinski definition) is 5. The summed E-state index contributed by atoms with van der Waals surface area (Å²) in [7, 11) is 1.21. The summed E-state index contributed by atoms with van der Waals surface area (Å²) in [6.07, 6.45) is -0.517. The SMILES string of the molecule is COC(=O)[C@@H](O)C[C@H](C1=C(O)C(=O)CC1)c1ccccc1. The molecular formula is C16H18O5. The van der Waals surface area contributed by atoms with Gasteiger partial charge in [-0.05, 0) is 24.0 Å². The third-order valence-electron chi connectivity index (χ3n) is 3.74. The number of esters is 1. The van der Waals surface area contributed by atoms with E-state index in [0.29, 0.717) is 12.0 Å². The molecule has 0 bridgehead atoms. The first-order valence-electron chi connectivity index (χ1n) is 6.80. The van der Waals surface area contributed by atoms with E-state index in [2.05, 4.69) is 4.74 Å². The Morgan fingerprint density at radius 2 is 1.95 bits per heavy atom. The lowest BCUT2D eigenvalue weighted by atomic mass is 9.85. The van der Waals surface area contributed by atoms with Crippen LogP contribution in [0.1, 0.15) is 30.7 Å². The number of aliphatic hydroxyl groups is 2. The average Bonchev–Trinajstić information content (AvgIpc) is 2.84. The molecule has 0 aromatic heterocycles. The van der Waals surface area contributed by atoms with Crippen molar-refractivity contribution in [2.45, 2.75) is 31.3 Å². The minimum Gasteiger partial charge on any atom is -0.504 e. The highest BCUT2D eigenvalue weighted by atomic mass is 16.5. The van der Waals surface area contributed by atoms with Crippen LogP contribution in [0.4, 0.5) is 0 Å². The molecule has 0 saturated carbocycles. The van der Waals surface area contributed by atoms with Gasteiger partial charge in [0.2, 0.25) is 0 Å². The zero-order valence-electron chi connectivity index (χ0n) is 11.8. The molecular weight excluding hydrogens is 272 g/mol. The first kappa shape index (κ1) is 15.3. The maximum absolute atomic E-state index is 11.5. The van der Waals surface area contributed by atoms with Crippen LogP contribution < -0.4 is 0 Å². The fourth-order valence-corrected chi connectivity index (χ4v) is 2.62. The Hall–Kier alpha value is -2.14. The van der Waals surface area contributed by atoms with Gasteiger partial charge >= 0.3 is 5.97 Å². The summed E-state index contributed by atoms with van der Waals surface area (Å²) in [4.78, 5) is 23.0. The van der Waals surface area contributed by atoms with Gasteiger partial charge in [0.1, 0.15) is 0 Å². The third kappa shape index (κ3) is 3.31. The summed E-state index contributed by atoms with van der Waals surface area (Å²) in [5, 5.41) is 19.8. The predicted octanol–water partition coefficient (Wildman–Crippen LogP) is 1.87. The van der Waals surface area contributed by atoms with Crippen LogP contribution in [0, 0.1) is 0 Å². The topological polar surface area (TPSA) is 83.8 Å². The summed E-state index contributed by atoms with van der Waals surface area (Å²) in [5.74, 6) is -1.63. The van der Waals surface area contributed by atoms with E-state index in [0.717, 1.165) is 5.56 Å². The van der Waals surface area contributed by atoms with E-state index in [1.807, 2.05) is 30.3 Å². The van der Waals surface area contributed by atoms with Crippen LogP contribution in [0.2, 0.25) is 0 Å². The number of carbonyl (C=O) groups excluding carboxylic acids is 2. The molecule has 0 saturated heterocycles. The van der Waals surface area contributed by atoms with Crippen molar-refractivity contribution in [2.24, 2.45) is 0 Å². The van der Waals surface area contributed by atoms with Gasteiger partial charge in [-0.3, -0.25) is 4.79 Å². The van der Waals surface area contributed by atoms with Gasteiger partial charge in [0.25, 0.3) is 0 Å². The van der Waals surface area contributed by atoms with Gasteiger partial charge in [0.05, 0.1) is 7.11 Å². The molecule has 0 aliphatic heterocycles. The van der Waals surface area contributed by atoms with Crippen molar-refractivity contribution in [3.8, 4) is 0 Å². The number of Topliss-reactive ketones (excluding diaryl/α,β-unsaturated/α-hetero) is 1. The molecule has 0 amide bonds. The quantitative estimate of drug-likeness (QED) is 0.809. The van der Waals surface area contributed by atoms with Crippen molar-refractivity contribution in [2.75, 3.05) is 7.11 Å². The molecule has 5 nitrogen and oxygen atoms in total. The largest absolute Gasteiger partial charge is 0.504 e. The molecule has 1 aromatic rings. The van der Waals surface area contributed by atoms with Gasteiger partial charge in [-0.1, -0.05) is 30.3 Å². The molecule has 0 unspecified atom stereocenters. The van der Waals surface area contributed by atoms with Crippen LogP contribution in [0.3, 0.4) is 0 Å². The minimum absolute atomic E-state index is 0.0728. The first-order chi connectivity index (χ1) is 10.0. The fourth-order valence-electron chi connectivity index (χ4n) is 2.62. The molecule has 5 heteroatoms. The van der Waals surface area contributed by atoms with Crippen molar-refractivity contribution in [1.29, 1.82) is 0 Å². The van der Waals surface area contributed by atoms with E-state index in [-0.39, 0.29) is 30.3 Å². The van der Waals surface area contributed by atoms with Gasteiger partial charge in [0.15, 0.2) is 17.6 Å². The number of carbonyl (C=O) groups is 2. The van der Waals surface area contributed by atoms with E-state index in [9.17, 15) is 19.8 Å². The van der Waals surface area contributed by atoms with E-state index >= 15 is 0 Å². The van der Waals surface area contributed by atoms with E-state index in [4.69, 9.17) is 0 Å². The van der Waals surface area contributed by atoms with Crippen molar-refractivity contribution < 1.29 is 24.5 Å². The highest BCUT2D eigenvalue weighted by Gasteiger charge is 2.32. The highest BCUT2D eigenvalue weighted by molar-refractivity contribution is 5.96. The van der Waals surface area contributed by atoms with Crippen molar-refractivity contribution in [3.05, 3.63) is 47.2 Å². The summed E-state index contributed by atoms with van der Waals surface area (Å²) in [6.45, 7) is 0. The lowest BCUT2D eigenvalue weighted by Gasteiger charge is -2.21. The Balaban J connectivity index is 2.32. The molecule has 0 radical (unpaired) electrons. The van der Waals surface area contributed by atoms with Crippen LogP contribution in [0.5, 0.6) is 0 Å². The van der Waals surface area contributed by atoms with Gasteiger partial charge in [-0.15, -0.1) is 0 Å². The Morgan fingerprint density at radius 3 is 2.48 bits per heavy atom. The van der Waals surface area contributed by atoms with E-state index < -0.39 is 12.1 Å². The van der Waals surface area contributed by atoms with E-state index in [1.54, 1.807) is 0 Å². The standard InChI is InChI=1S/C16H18O5/c1-21-16(20)14(18)9-12(10-5-3-2-4-6-10)11-7-8-13(17)15(11)19/h2-6,12,14,18-19H,7-9H2,1H3/t12-,14-/m0/s1. The van der Waals surface area contributed by atoms with Gasteiger partial charge < -0.3 is 14.9 Å². The molecule has 0 heterocycles. The molecule has 21 heavy (non-hydrogen) atoms. The number of aliphatic hydroxyl groups excluding tert-OH is 2. The molecule has 0 spiro atoms. The van der Waals surface area contributed by atoms with Gasteiger partial charge in [0, 0.05) is 12.3 Å². The lowest BCUT2D eigenvalue weighted by molar-refractivity contribution is -0.150. The number of methoxy groups -OCH3 is 1. The maximum Gasteiger partial charge on any atom is 0.334 e. The molecule has 2 N–H and O–H groups in total. The first-order valence-corrected chi connectivity index (χ1v) is 6.80. The van der Waals surface area contributed by atoms with Crippen LogP contribution >= 0.6 is 0 Å².